The molecule has 1 fully saturated rings. The topological polar surface area (TPSA) is 30.9 Å². The maximum Gasteiger partial charge on any atom is 0.162 e. The van der Waals surface area contributed by atoms with Gasteiger partial charge in [-0.3, -0.25) is 0 Å². The zero-order valence-corrected chi connectivity index (χ0v) is 15.6. The predicted molar refractivity (Wildman–Crippen MR) is 97.2 cm³/mol. The van der Waals surface area contributed by atoms with Crippen LogP contribution in [0, 0.1) is 11.8 Å². The molecule has 0 unspecified atom stereocenters. The van der Waals surface area contributed by atoms with Crippen LogP contribution in [0.5, 0.6) is 11.5 Å². The summed E-state index contributed by atoms with van der Waals surface area (Å²) in [5, 5.41) is 0. The minimum atomic E-state index is -0.00707. The van der Waals surface area contributed by atoms with Gasteiger partial charge in [-0.1, -0.05) is 18.2 Å². The first-order valence-electron chi connectivity index (χ1n) is 8.21. The fourth-order valence-corrected chi connectivity index (χ4v) is 4.85. The van der Waals surface area contributed by atoms with E-state index in [1.54, 1.807) is 7.11 Å². The standard InChI is InChI=1S/C18H22INO3/c1-20-8-7-13-12-4-6-16(23-19)18(13)22-17-10-11(9-14(12)20)3-5-15(17)21-2/h3-6,10,12-14,16,18H,7-9H2,1-2H3/t12-,13+,14-,16+,18-/m1/s1. The summed E-state index contributed by atoms with van der Waals surface area (Å²) < 4.78 is 17.7. The molecule has 23 heavy (non-hydrogen) atoms. The maximum atomic E-state index is 6.47. The van der Waals surface area contributed by atoms with E-state index in [2.05, 4.69) is 36.2 Å². The summed E-state index contributed by atoms with van der Waals surface area (Å²) in [7, 11) is 3.94. The predicted octanol–water partition coefficient (Wildman–Crippen LogP) is 3.24. The van der Waals surface area contributed by atoms with Gasteiger partial charge in [0.1, 0.15) is 35.2 Å². The third-order valence-electron chi connectivity index (χ3n) is 5.63. The Morgan fingerprint density at radius 1 is 1.30 bits per heavy atom. The Hall–Kier alpha value is -0.790. The number of rotatable bonds is 2. The molecule has 0 spiro atoms. The van der Waals surface area contributed by atoms with E-state index < -0.39 is 0 Å². The second kappa shape index (κ2) is 6.26. The van der Waals surface area contributed by atoms with Crippen LogP contribution in [0.1, 0.15) is 12.0 Å². The molecule has 1 aromatic carbocycles. The van der Waals surface area contributed by atoms with E-state index in [1.165, 1.54) is 5.56 Å². The van der Waals surface area contributed by atoms with Crippen molar-refractivity contribution in [3.8, 4) is 11.5 Å². The second-order valence-electron chi connectivity index (χ2n) is 6.79. The monoisotopic (exact) mass is 427 g/mol. The molecule has 0 amide bonds. The number of likely N-dealkylation sites (tertiary alicyclic amines) is 1. The maximum absolute atomic E-state index is 6.47. The number of methoxy groups -OCH3 is 1. The number of halogens is 1. The number of benzene rings is 1. The van der Waals surface area contributed by atoms with Crippen LogP contribution >= 0.6 is 23.0 Å². The molecule has 1 aliphatic carbocycles. The Labute approximate surface area is 151 Å². The molecule has 1 saturated heterocycles. The highest BCUT2D eigenvalue weighted by Crippen LogP contribution is 2.43. The van der Waals surface area contributed by atoms with Gasteiger partial charge in [-0.2, -0.15) is 0 Å². The van der Waals surface area contributed by atoms with Gasteiger partial charge in [0.15, 0.2) is 11.5 Å². The fraction of sp³-hybridized carbons (Fsp3) is 0.556. The first-order valence-corrected chi connectivity index (χ1v) is 9.09. The lowest BCUT2D eigenvalue weighted by atomic mass is 9.71. The van der Waals surface area contributed by atoms with E-state index in [0.717, 1.165) is 30.9 Å². The molecular formula is C18H22INO3. The second-order valence-corrected chi connectivity index (χ2v) is 7.30. The van der Waals surface area contributed by atoms with Crippen LogP contribution in [-0.2, 0) is 9.49 Å². The summed E-state index contributed by atoms with van der Waals surface area (Å²) >= 11 is 2.00. The minimum absolute atomic E-state index is 0.00707. The van der Waals surface area contributed by atoms with Crippen molar-refractivity contribution in [2.45, 2.75) is 31.1 Å². The highest BCUT2D eigenvalue weighted by Gasteiger charge is 2.46. The summed E-state index contributed by atoms with van der Waals surface area (Å²) in [6.45, 7) is 1.11. The molecule has 0 N–H and O–H groups in total. The van der Waals surface area contributed by atoms with Crippen molar-refractivity contribution < 1.29 is 12.5 Å². The number of likely N-dealkylation sites (N-methyl/N-ethyl adjacent to an activating group) is 1. The van der Waals surface area contributed by atoms with E-state index in [-0.39, 0.29) is 12.2 Å². The molecule has 1 aromatic rings. The van der Waals surface area contributed by atoms with E-state index >= 15 is 0 Å². The van der Waals surface area contributed by atoms with Gasteiger partial charge in [0.25, 0.3) is 0 Å². The van der Waals surface area contributed by atoms with Crippen LogP contribution < -0.4 is 9.47 Å². The lowest BCUT2D eigenvalue weighted by Crippen LogP contribution is -2.55. The Kier molecular flexibility index (Phi) is 4.28. The van der Waals surface area contributed by atoms with E-state index in [0.29, 0.717) is 17.9 Å². The number of piperidine rings is 1. The number of hydrogen-bond donors (Lipinski definition) is 0. The van der Waals surface area contributed by atoms with Crippen LogP contribution in [-0.4, -0.2) is 43.9 Å². The van der Waals surface area contributed by atoms with Gasteiger partial charge in [0.05, 0.1) is 7.11 Å². The lowest BCUT2D eigenvalue weighted by molar-refractivity contribution is -0.0185. The van der Waals surface area contributed by atoms with Crippen molar-refractivity contribution in [3.63, 3.8) is 0 Å². The SMILES string of the molecule is COc1ccc2cc1O[C@@H]1[C@H]3CCN(C)[C@H](C2)[C@@H]3C=C[C@@H]1OI. The first-order chi connectivity index (χ1) is 11.2. The molecule has 5 atom stereocenters. The van der Waals surface area contributed by atoms with Crippen molar-refractivity contribution in [2.24, 2.45) is 11.8 Å². The van der Waals surface area contributed by atoms with Crippen LogP contribution in [0.15, 0.2) is 30.4 Å². The molecule has 6 bridgehead atoms. The molecule has 4 nitrogen and oxygen atoms in total. The zero-order valence-electron chi connectivity index (χ0n) is 13.4. The molecule has 0 saturated carbocycles. The van der Waals surface area contributed by atoms with Gasteiger partial charge >= 0.3 is 0 Å². The third kappa shape index (κ3) is 2.66. The van der Waals surface area contributed by atoms with Gasteiger partial charge < -0.3 is 17.4 Å². The third-order valence-corrected chi connectivity index (χ3v) is 6.21. The minimum Gasteiger partial charge on any atom is -0.493 e. The van der Waals surface area contributed by atoms with Crippen LogP contribution in [0.3, 0.4) is 0 Å². The van der Waals surface area contributed by atoms with E-state index in [4.69, 9.17) is 12.5 Å². The van der Waals surface area contributed by atoms with Gasteiger partial charge in [-0.05, 0) is 50.0 Å². The molecule has 2 heterocycles. The fourth-order valence-electron chi connectivity index (χ4n) is 4.39. The summed E-state index contributed by atoms with van der Waals surface area (Å²) in [5.74, 6) is 2.65. The smallest absolute Gasteiger partial charge is 0.162 e. The van der Waals surface area contributed by atoms with Crippen molar-refractivity contribution in [2.75, 3.05) is 20.7 Å². The van der Waals surface area contributed by atoms with E-state index in [9.17, 15) is 0 Å². The van der Waals surface area contributed by atoms with Gasteiger partial charge in [-0.25, -0.2) is 0 Å². The molecule has 0 radical (unpaired) electrons. The largest absolute Gasteiger partial charge is 0.493 e. The van der Waals surface area contributed by atoms with Gasteiger partial charge in [0, 0.05) is 12.0 Å². The van der Waals surface area contributed by atoms with Crippen molar-refractivity contribution >= 4 is 23.0 Å². The summed E-state index contributed by atoms with van der Waals surface area (Å²) in [4.78, 5) is 2.50. The van der Waals surface area contributed by atoms with Crippen molar-refractivity contribution in [1.29, 1.82) is 0 Å². The van der Waals surface area contributed by atoms with Gasteiger partial charge in [0.2, 0.25) is 0 Å². The summed E-state index contributed by atoms with van der Waals surface area (Å²) in [5.41, 5.74) is 1.31. The molecular weight excluding hydrogens is 405 g/mol. The highest BCUT2D eigenvalue weighted by atomic mass is 127. The van der Waals surface area contributed by atoms with Gasteiger partial charge in [-0.15, -0.1) is 0 Å². The number of fused-ring (bicyclic) bond motifs is 2. The first kappa shape index (κ1) is 15.7. The molecule has 124 valence electrons. The number of nitrogens with zero attached hydrogens (tertiary/aromatic N) is 1. The van der Waals surface area contributed by atoms with Crippen molar-refractivity contribution in [3.05, 3.63) is 35.9 Å². The summed E-state index contributed by atoms with van der Waals surface area (Å²) in [6, 6.07) is 6.85. The Morgan fingerprint density at radius 2 is 2.17 bits per heavy atom. The molecule has 5 heteroatoms. The molecule has 3 aliphatic rings. The average Bonchev–Trinajstić information content (AvgIpc) is 2.58. The normalized spacial score (nSPS) is 35.7. The zero-order chi connectivity index (χ0) is 16.0. The molecule has 2 aliphatic heterocycles. The van der Waals surface area contributed by atoms with E-state index in [1.807, 2.05) is 29.1 Å². The van der Waals surface area contributed by atoms with Crippen LogP contribution in [0.25, 0.3) is 0 Å². The quantitative estimate of drug-likeness (QED) is 0.536. The number of hydrogen-bond acceptors (Lipinski definition) is 4. The Morgan fingerprint density at radius 3 is 2.96 bits per heavy atom. The Balaban J connectivity index is 1.82. The average molecular weight is 427 g/mol. The Bertz CT molecular complexity index is 620. The number of ether oxygens (including phenoxy) is 2. The molecule has 4 rings (SSSR count). The highest BCUT2D eigenvalue weighted by molar-refractivity contribution is 14.1. The van der Waals surface area contributed by atoms with Crippen molar-refractivity contribution in [1.82, 2.24) is 4.90 Å². The summed E-state index contributed by atoms with van der Waals surface area (Å²) in [6.07, 6.45) is 6.77. The van der Waals surface area contributed by atoms with Crippen LogP contribution in [0.4, 0.5) is 0 Å². The molecule has 0 aromatic heterocycles. The van der Waals surface area contributed by atoms with Crippen LogP contribution in [0.2, 0.25) is 0 Å². The lowest BCUT2D eigenvalue weighted by Gasteiger charge is -2.48.